The number of esters is 1. The van der Waals surface area contributed by atoms with Crippen LogP contribution in [0.25, 0.3) is 0 Å². The number of benzene rings is 1. The van der Waals surface area contributed by atoms with Gasteiger partial charge in [0.2, 0.25) is 20.0 Å². The van der Waals surface area contributed by atoms with Gasteiger partial charge in [-0.2, -0.15) is 3.71 Å². The monoisotopic (exact) mass is 415 g/mol. The number of ether oxygens (including phenoxy) is 1. The number of hydrogen-bond donors (Lipinski definition) is 0. The summed E-state index contributed by atoms with van der Waals surface area (Å²) < 4.78 is 68.6. The lowest BCUT2D eigenvalue weighted by Crippen LogP contribution is -2.40. The Bertz CT molecular complexity index is 818. The highest BCUT2D eigenvalue weighted by Crippen LogP contribution is 2.35. The van der Waals surface area contributed by atoms with Crippen molar-refractivity contribution in [3.05, 3.63) is 28.5 Å². The lowest BCUT2D eigenvalue weighted by atomic mass is 10.2. The van der Waals surface area contributed by atoms with Gasteiger partial charge in [-0.3, -0.25) is 0 Å². The molecule has 0 fully saturated rings. The summed E-state index contributed by atoms with van der Waals surface area (Å²) in [6.45, 7) is 3.13. The minimum absolute atomic E-state index is 0.156. The molecule has 0 radical (unpaired) electrons. The molecule has 25 heavy (non-hydrogen) atoms. The molecule has 0 heterocycles. The Kier molecular flexibility index (Phi) is 7.21. The number of carbonyl (C=O) groups excluding carboxylic acids is 1. The summed E-state index contributed by atoms with van der Waals surface area (Å²) in [5, 5.41) is -0.647. The first-order chi connectivity index (χ1) is 11.5. The summed E-state index contributed by atoms with van der Waals surface area (Å²) in [5.41, 5.74) is -1.24. The van der Waals surface area contributed by atoms with Crippen molar-refractivity contribution >= 4 is 43.3 Å². The number of carbonyl (C=O) groups is 1. The van der Waals surface area contributed by atoms with Gasteiger partial charge >= 0.3 is 5.97 Å². The fourth-order valence-electron chi connectivity index (χ4n) is 2.13. The van der Waals surface area contributed by atoms with E-state index in [1.54, 1.807) is 13.8 Å². The molecular weight excluding hydrogens is 397 g/mol. The highest BCUT2D eigenvalue weighted by atomic mass is 35.5. The van der Waals surface area contributed by atoms with Gasteiger partial charge in [0.15, 0.2) is 0 Å². The minimum atomic E-state index is -4.30. The number of anilines is 1. The average Bonchev–Trinajstić information content (AvgIpc) is 2.49. The third kappa shape index (κ3) is 4.62. The van der Waals surface area contributed by atoms with Crippen molar-refractivity contribution in [3.63, 3.8) is 0 Å². The van der Waals surface area contributed by atoms with Crippen LogP contribution >= 0.6 is 11.6 Å². The molecule has 0 saturated heterocycles. The van der Waals surface area contributed by atoms with Gasteiger partial charge in [0, 0.05) is 0 Å². The number of methoxy groups -OCH3 is 1. The molecule has 0 atom stereocenters. The molecule has 142 valence electrons. The Balaban J connectivity index is 3.77. The Morgan fingerprint density at radius 2 is 1.60 bits per heavy atom. The van der Waals surface area contributed by atoms with Crippen LogP contribution in [0.4, 0.5) is 10.1 Å². The highest BCUT2D eigenvalue weighted by molar-refractivity contribution is 8.10. The molecule has 0 spiro atoms. The van der Waals surface area contributed by atoms with Crippen LogP contribution < -0.4 is 3.71 Å². The fraction of sp³-hybridized carbons (Fsp3) is 0.500. The molecule has 0 amide bonds. The molecule has 0 aromatic heterocycles. The molecular formula is C14H19ClFNO6S2. The van der Waals surface area contributed by atoms with Gasteiger partial charge in [0.05, 0.1) is 29.3 Å². The summed E-state index contributed by atoms with van der Waals surface area (Å²) in [6, 6.07) is 1.67. The zero-order valence-corrected chi connectivity index (χ0v) is 16.3. The molecule has 7 nitrogen and oxygen atoms in total. The lowest BCUT2D eigenvalue weighted by Gasteiger charge is -2.25. The minimum Gasteiger partial charge on any atom is -0.465 e. The van der Waals surface area contributed by atoms with Gasteiger partial charge in [-0.1, -0.05) is 25.4 Å². The Hall–Kier alpha value is -1.39. The van der Waals surface area contributed by atoms with Gasteiger partial charge in [0.1, 0.15) is 11.4 Å². The van der Waals surface area contributed by atoms with E-state index in [-0.39, 0.29) is 16.6 Å². The van der Waals surface area contributed by atoms with Crippen LogP contribution in [0.5, 0.6) is 0 Å². The van der Waals surface area contributed by atoms with E-state index < -0.39 is 59.6 Å². The maximum atomic E-state index is 13.9. The topological polar surface area (TPSA) is 97.8 Å². The SMILES string of the molecule is CCCS(=O)(=O)N(c1ccc(F)c(C(=O)OC)c1Cl)S(=O)(=O)CCC. The fourth-order valence-corrected chi connectivity index (χ4v) is 6.64. The first kappa shape index (κ1) is 21.7. The third-order valence-electron chi connectivity index (χ3n) is 3.09. The molecule has 1 rings (SSSR count). The second-order valence-electron chi connectivity index (χ2n) is 5.08. The maximum Gasteiger partial charge on any atom is 0.342 e. The van der Waals surface area contributed by atoms with E-state index in [4.69, 9.17) is 11.6 Å². The summed E-state index contributed by atoms with van der Waals surface area (Å²) >= 11 is 5.98. The van der Waals surface area contributed by atoms with E-state index in [0.717, 1.165) is 19.2 Å². The summed E-state index contributed by atoms with van der Waals surface area (Å²) in [4.78, 5) is 11.7. The van der Waals surface area contributed by atoms with Gasteiger partial charge in [-0.15, -0.1) is 0 Å². The van der Waals surface area contributed by atoms with E-state index >= 15 is 0 Å². The number of rotatable bonds is 8. The van der Waals surface area contributed by atoms with Crippen molar-refractivity contribution in [3.8, 4) is 0 Å². The molecule has 0 aliphatic rings. The maximum absolute atomic E-state index is 13.9. The molecule has 0 N–H and O–H groups in total. The van der Waals surface area contributed by atoms with Gasteiger partial charge in [-0.25, -0.2) is 26.0 Å². The largest absolute Gasteiger partial charge is 0.465 e. The predicted molar refractivity (Wildman–Crippen MR) is 93.4 cm³/mol. The summed E-state index contributed by atoms with van der Waals surface area (Å²) in [7, 11) is -7.62. The normalized spacial score (nSPS) is 12.0. The van der Waals surface area contributed by atoms with Crippen LogP contribution in [0.3, 0.4) is 0 Å². The summed E-state index contributed by atoms with van der Waals surface area (Å²) in [6.07, 6.45) is 0.312. The van der Waals surface area contributed by atoms with Gasteiger partial charge < -0.3 is 4.74 Å². The van der Waals surface area contributed by atoms with E-state index in [1.807, 2.05) is 0 Å². The molecule has 0 unspecified atom stereocenters. The second-order valence-corrected chi connectivity index (χ2v) is 9.56. The van der Waals surface area contributed by atoms with Crippen LogP contribution in [0.2, 0.25) is 5.02 Å². The Morgan fingerprint density at radius 1 is 1.12 bits per heavy atom. The molecule has 0 bridgehead atoms. The third-order valence-corrected chi connectivity index (χ3v) is 8.08. The number of halogens is 2. The average molecular weight is 416 g/mol. The zero-order valence-electron chi connectivity index (χ0n) is 14.0. The highest BCUT2D eigenvalue weighted by Gasteiger charge is 2.36. The predicted octanol–water partition coefficient (Wildman–Crippen LogP) is 2.55. The molecule has 0 aliphatic carbocycles. The van der Waals surface area contributed by atoms with E-state index in [2.05, 4.69) is 4.74 Å². The van der Waals surface area contributed by atoms with Crippen molar-refractivity contribution < 1.29 is 30.8 Å². The molecule has 1 aromatic rings. The van der Waals surface area contributed by atoms with Crippen molar-refractivity contribution in [2.45, 2.75) is 26.7 Å². The zero-order chi connectivity index (χ0) is 19.4. The number of sulfonamides is 2. The van der Waals surface area contributed by atoms with Gasteiger partial charge in [0.25, 0.3) is 0 Å². The van der Waals surface area contributed by atoms with E-state index in [9.17, 15) is 26.0 Å². The van der Waals surface area contributed by atoms with Crippen molar-refractivity contribution in [1.82, 2.24) is 0 Å². The Labute approximate surface area is 151 Å². The van der Waals surface area contributed by atoms with Crippen molar-refractivity contribution in [2.75, 3.05) is 22.3 Å². The van der Waals surface area contributed by atoms with Crippen LogP contribution in [0, 0.1) is 5.82 Å². The van der Waals surface area contributed by atoms with Crippen molar-refractivity contribution in [2.24, 2.45) is 0 Å². The van der Waals surface area contributed by atoms with E-state index in [1.165, 1.54) is 0 Å². The second kappa shape index (κ2) is 8.33. The number of nitrogens with zero attached hydrogens (tertiary/aromatic N) is 1. The lowest BCUT2D eigenvalue weighted by molar-refractivity contribution is 0.0595. The standard InChI is InChI=1S/C14H19ClFNO6S2/c1-4-8-24(19,20)17(25(21,22)9-5-2)11-7-6-10(16)12(13(11)15)14(18)23-3/h6-7H,4-5,8-9H2,1-3H3. The number of hydrogen-bond acceptors (Lipinski definition) is 6. The smallest absolute Gasteiger partial charge is 0.342 e. The molecule has 0 saturated carbocycles. The molecule has 0 aliphatic heterocycles. The molecule has 11 heteroatoms. The van der Waals surface area contributed by atoms with Crippen LogP contribution in [-0.4, -0.2) is 41.4 Å². The van der Waals surface area contributed by atoms with Crippen LogP contribution in [0.1, 0.15) is 37.0 Å². The van der Waals surface area contributed by atoms with Crippen LogP contribution in [0.15, 0.2) is 12.1 Å². The quantitative estimate of drug-likeness (QED) is 0.605. The van der Waals surface area contributed by atoms with E-state index in [0.29, 0.717) is 0 Å². The Morgan fingerprint density at radius 3 is 2.00 bits per heavy atom. The summed E-state index contributed by atoms with van der Waals surface area (Å²) in [5.74, 6) is -3.12. The molecule has 1 aromatic carbocycles. The van der Waals surface area contributed by atoms with Crippen LogP contribution in [-0.2, 0) is 24.8 Å². The van der Waals surface area contributed by atoms with Gasteiger partial charge in [-0.05, 0) is 25.0 Å². The first-order valence-corrected chi connectivity index (χ1v) is 10.9. The first-order valence-electron chi connectivity index (χ1n) is 7.35. The van der Waals surface area contributed by atoms with Crippen molar-refractivity contribution in [1.29, 1.82) is 0 Å².